The topological polar surface area (TPSA) is 9.86 Å². The smallest absolute Gasteiger partial charge is 0.0456 e. The summed E-state index contributed by atoms with van der Waals surface area (Å²) < 4.78 is 4.22. The molecular weight excluding hydrogens is 244 g/mol. The van der Waals surface area contributed by atoms with E-state index in [1.54, 1.807) is 0 Å². The summed E-state index contributed by atoms with van der Waals surface area (Å²) in [5.41, 5.74) is 4.43. The highest BCUT2D eigenvalue weighted by molar-refractivity contribution is 5.53. The Morgan fingerprint density at radius 2 is 1.05 bits per heavy atom. The van der Waals surface area contributed by atoms with E-state index in [-0.39, 0.29) is 0 Å². The van der Waals surface area contributed by atoms with Crippen molar-refractivity contribution in [2.24, 2.45) is 0 Å². The molecule has 0 radical (unpaired) electrons. The first-order chi connectivity index (χ1) is 9.83. The highest BCUT2D eigenvalue weighted by atomic mass is 15.0. The monoisotopic (exact) mass is 260 g/mol. The van der Waals surface area contributed by atoms with Crippen molar-refractivity contribution in [3.63, 3.8) is 0 Å². The molecule has 2 aromatic heterocycles. The minimum Gasteiger partial charge on any atom is -0.317 e. The molecule has 0 N–H and O–H groups in total. The van der Waals surface area contributed by atoms with E-state index < -0.39 is 0 Å². The maximum atomic E-state index is 3.83. The Morgan fingerprint density at radius 3 is 1.40 bits per heavy atom. The van der Waals surface area contributed by atoms with Gasteiger partial charge in [0, 0.05) is 35.2 Å². The fraction of sp³-hybridized carbons (Fsp3) is 0. The van der Waals surface area contributed by atoms with Crippen LogP contribution in [-0.4, -0.2) is 9.13 Å². The number of benzene rings is 1. The first-order valence-corrected chi connectivity index (χ1v) is 6.54. The van der Waals surface area contributed by atoms with Gasteiger partial charge in [-0.05, 0) is 60.7 Å². The van der Waals surface area contributed by atoms with Crippen molar-refractivity contribution in [1.82, 2.24) is 9.13 Å². The van der Waals surface area contributed by atoms with E-state index in [4.69, 9.17) is 0 Å². The van der Waals surface area contributed by atoms with Crippen LogP contribution in [0.5, 0.6) is 0 Å². The molecule has 20 heavy (non-hydrogen) atoms. The van der Waals surface area contributed by atoms with Crippen molar-refractivity contribution in [3.8, 4) is 11.4 Å². The summed E-state index contributed by atoms with van der Waals surface area (Å²) in [6.45, 7) is 7.67. The second-order valence-electron chi connectivity index (χ2n) is 4.53. The molecule has 2 heterocycles. The van der Waals surface area contributed by atoms with Gasteiger partial charge in [-0.3, -0.25) is 0 Å². The molecule has 2 heteroatoms. The predicted molar refractivity (Wildman–Crippen MR) is 85.3 cm³/mol. The summed E-state index contributed by atoms with van der Waals surface area (Å²) in [7, 11) is 0. The molecule has 0 saturated heterocycles. The molecule has 0 aliphatic rings. The zero-order chi connectivity index (χ0) is 13.9. The van der Waals surface area contributed by atoms with Gasteiger partial charge in [0.2, 0.25) is 0 Å². The van der Waals surface area contributed by atoms with Gasteiger partial charge in [0.15, 0.2) is 0 Å². The average Bonchev–Trinajstić information content (AvgIpc) is 3.15. The molecule has 3 rings (SSSR count). The number of rotatable bonds is 4. The Balaban J connectivity index is 2.00. The molecule has 0 fully saturated rings. The third-order valence-electron chi connectivity index (χ3n) is 3.38. The second-order valence-corrected chi connectivity index (χ2v) is 4.53. The number of hydrogen-bond donors (Lipinski definition) is 0. The van der Waals surface area contributed by atoms with Crippen LogP contribution in [0.15, 0.2) is 74.1 Å². The van der Waals surface area contributed by atoms with Crippen molar-refractivity contribution < 1.29 is 0 Å². The molecular formula is C18H16N2. The minimum atomic E-state index is 1.09. The fourth-order valence-electron chi connectivity index (χ4n) is 2.37. The number of aromatic nitrogens is 2. The molecule has 0 amide bonds. The first-order valence-electron chi connectivity index (χ1n) is 6.54. The van der Waals surface area contributed by atoms with Crippen molar-refractivity contribution >= 4 is 12.2 Å². The normalized spacial score (nSPS) is 10.4. The largest absolute Gasteiger partial charge is 0.317 e. The van der Waals surface area contributed by atoms with E-state index >= 15 is 0 Å². The van der Waals surface area contributed by atoms with Gasteiger partial charge in [0.1, 0.15) is 0 Å². The molecule has 1 aromatic carbocycles. The predicted octanol–water partition coefficient (Wildman–Crippen LogP) is 4.55. The lowest BCUT2D eigenvalue weighted by molar-refractivity contribution is 1.04. The van der Waals surface area contributed by atoms with Gasteiger partial charge in [-0.2, -0.15) is 0 Å². The van der Waals surface area contributed by atoms with Gasteiger partial charge >= 0.3 is 0 Å². The standard InChI is InChI=1S/C18H16N2/c1-3-15-7-5-13-19(15)17-9-11-18(12-10-17)20-14-6-8-16(20)4-2/h3-14H,1-2H2. The number of nitrogens with zero attached hydrogens (tertiary/aromatic N) is 2. The summed E-state index contributed by atoms with van der Waals surface area (Å²) in [5.74, 6) is 0. The van der Waals surface area contributed by atoms with Gasteiger partial charge in [0.25, 0.3) is 0 Å². The third kappa shape index (κ3) is 2.01. The van der Waals surface area contributed by atoms with E-state index in [1.807, 2.05) is 48.8 Å². The van der Waals surface area contributed by atoms with E-state index in [1.165, 1.54) is 0 Å². The van der Waals surface area contributed by atoms with E-state index in [0.29, 0.717) is 0 Å². The van der Waals surface area contributed by atoms with Crippen molar-refractivity contribution in [2.75, 3.05) is 0 Å². The Kier molecular flexibility index (Phi) is 3.13. The van der Waals surface area contributed by atoms with Gasteiger partial charge in [0.05, 0.1) is 0 Å². The van der Waals surface area contributed by atoms with Crippen LogP contribution in [0, 0.1) is 0 Å². The van der Waals surface area contributed by atoms with Crippen LogP contribution in [0.25, 0.3) is 23.5 Å². The Hall–Kier alpha value is -2.74. The number of hydrogen-bond acceptors (Lipinski definition) is 0. The second kappa shape index (κ2) is 5.10. The molecule has 0 saturated carbocycles. The highest BCUT2D eigenvalue weighted by Gasteiger charge is 2.03. The molecule has 3 aromatic rings. The SMILES string of the molecule is C=Cc1cccn1-c1ccc(-n2cccc2C=C)cc1. The maximum Gasteiger partial charge on any atom is 0.0456 e. The Morgan fingerprint density at radius 1 is 0.650 bits per heavy atom. The molecule has 0 aliphatic carbocycles. The summed E-state index contributed by atoms with van der Waals surface area (Å²) in [6, 6.07) is 16.6. The van der Waals surface area contributed by atoms with Crippen LogP contribution in [0.1, 0.15) is 11.4 Å². The molecule has 0 bridgehead atoms. The first kappa shape index (κ1) is 12.3. The van der Waals surface area contributed by atoms with Gasteiger partial charge in [-0.15, -0.1) is 0 Å². The average molecular weight is 260 g/mol. The van der Waals surface area contributed by atoms with E-state index in [9.17, 15) is 0 Å². The fourth-order valence-corrected chi connectivity index (χ4v) is 2.37. The quantitative estimate of drug-likeness (QED) is 0.651. The Bertz CT molecular complexity index is 677. The summed E-state index contributed by atoms with van der Waals surface area (Å²) >= 11 is 0. The van der Waals surface area contributed by atoms with Crippen LogP contribution in [-0.2, 0) is 0 Å². The van der Waals surface area contributed by atoms with Crippen molar-refractivity contribution in [1.29, 1.82) is 0 Å². The van der Waals surface area contributed by atoms with Crippen LogP contribution in [0.3, 0.4) is 0 Å². The molecule has 2 nitrogen and oxygen atoms in total. The third-order valence-corrected chi connectivity index (χ3v) is 3.38. The van der Waals surface area contributed by atoms with Crippen molar-refractivity contribution in [3.05, 3.63) is 85.5 Å². The van der Waals surface area contributed by atoms with Crippen LogP contribution >= 0.6 is 0 Å². The Labute approximate surface area is 118 Å². The maximum absolute atomic E-state index is 3.83. The molecule has 0 spiro atoms. The van der Waals surface area contributed by atoms with Gasteiger partial charge in [-0.1, -0.05) is 13.2 Å². The van der Waals surface area contributed by atoms with Crippen LogP contribution in [0.4, 0.5) is 0 Å². The molecule has 0 aliphatic heterocycles. The summed E-state index contributed by atoms with van der Waals surface area (Å²) in [5, 5.41) is 0. The molecule has 98 valence electrons. The zero-order valence-corrected chi connectivity index (χ0v) is 11.2. The lowest BCUT2D eigenvalue weighted by Crippen LogP contribution is -1.97. The van der Waals surface area contributed by atoms with Crippen LogP contribution < -0.4 is 0 Å². The lowest BCUT2D eigenvalue weighted by Gasteiger charge is -2.10. The summed E-state index contributed by atoms with van der Waals surface area (Å²) in [6.07, 6.45) is 7.79. The van der Waals surface area contributed by atoms with Crippen molar-refractivity contribution in [2.45, 2.75) is 0 Å². The highest BCUT2D eigenvalue weighted by Crippen LogP contribution is 2.18. The summed E-state index contributed by atoms with van der Waals surface area (Å²) in [4.78, 5) is 0. The van der Waals surface area contributed by atoms with E-state index in [0.717, 1.165) is 22.8 Å². The van der Waals surface area contributed by atoms with Gasteiger partial charge in [-0.25, -0.2) is 0 Å². The lowest BCUT2D eigenvalue weighted by atomic mass is 10.2. The van der Waals surface area contributed by atoms with Crippen LogP contribution in [0.2, 0.25) is 0 Å². The zero-order valence-electron chi connectivity index (χ0n) is 11.2. The molecule has 0 atom stereocenters. The van der Waals surface area contributed by atoms with Gasteiger partial charge < -0.3 is 9.13 Å². The van der Waals surface area contributed by atoms with E-state index in [2.05, 4.69) is 46.6 Å². The molecule has 0 unspecified atom stereocenters. The minimum absolute atomic E-state index is 1.09.